The van der Waals surface area contributed by atoms with E-state index in [4.69, 9.17) is 16.1 Å². The molecule has 0 spiro atoms. The SMILES string of the molecule is O=C(c1ccccc1)c1cc(Cl)ccc1NC(=O)C1CCN(Cc2nc(-c3ccccc3)no2)CC1. The van der Waals surface area contributed by atoms with Crippen LogP contribution in [0.5, 0.6) is 0 Å². The van der Waals surface area contributed by atoms with Gasteiger partial charge in [-0.3, -0.25) is 14.5 Å². The van der Waals surface area contributed by atoms with Gasteiger partial charge in [0, 0.05) is 27.6 Å². The Bertz CT molecular complexity index is 1350. The Hall–Kier alpha value is -3.81. The molecule has 0 atom stereocenters. The number of anilines is 1. The lowest BCUT2D eigenvalue weighted by Gasteiger charge is -2.30. The smallest absolute Gasteiger partial charge is 0.241 e. The Labute approximate surface area is 214 Å². The molecule has 7 nitrogen and oxygen atoms in total. The van der Waals surface area contributed by atoms with Gasteiger partial charge in [0.1, 0.15) is 0 Å². The van der Waals surface area contributed by atoms with Crippen LogP contribution in [0.25, 0.3) is 11.4 Å². The summed E-state index contributed by atoms with van der Waals surface area (Å²) in [5, 5.41) is 7.49. The van der Waals surface area contributed by atoms with E-state index in [-0.39, 0.29) is 17.6 Å². The van der Waals surface area contributed by atoms with E-state index in [1.54, 1.807) is 42.5 Å². The van der Waals surface area contributed by atoms with Gasteiger partial charge in [-0.15, -0.1) is 0 Å². The molecule has 8 heteroatoms. The first-order valence-electron chi connectivity index (χ1n) is 11.9. The number of carbonyl (C=O) groups excluding carboxylic acids is 2. The molecule has 36 heavy (non-hydrogen) atoms. The van der Waals surface area contributed by atoms with Crippen LogP contribution < -0.4 is 5.32 Å². The number of likely N-dealkylation sites (tertiary alicyclic amines) is 1. The zero-order valence-corrected chi connectivity index (χ0v) is 20.3. The van der Waals surface area contributed by atoms with E-state index < -0.39 is 0 Å². The van der Waals surface area contributed by atoms with Crippen molar-refractivity contribution in [2.45, 2.75) is 19.4 Å². The topological polar surface area (TPSA) is 88.3 Å². The largest absolute Gasteiger partial charge is 0.338 e. The second-order valence-electron chi connectivity index (χ2n) is 8.80. The minimum Gasteiger partial charge on any atom is -0.338 e. The van der Waals surface area contributed by atoms with Gasteiger partial charge in [0.2, 0.25) is 17.6 Å². The van der Waals surface area contributed by atoms with Crippen molar-refractivity contribution in [1.29, 1.82) is 0 Å². The van der Waals surface area contributed by atoms with Crippen molar-refractivity contribution in [3.05, 3.63) is 101 Å². The summed E-state index contributed by atoms with van der Waals surface area (Å²) < 4.78 is 5.43. The molecule has 182 valence electrons. The highest BCUT2D eigenvalue weighted by Gasteiger charge is 2.27. The number of benzene rings is 3. The van der Waals surface area contributed by atoms with Crippen molar-refractivity contribution in [1.82, 2.24) is 15.0 Å². The monoisotopic (exact) mass is 500 g/mol. The number of nitrogens with one attached hydrogen (secondary N) is 1. The summed E-state index contributed by atoms with van der Waals surface area (Å²) in [5.41, 5.74) is 2.31. The van der Waals surface area contributed by atoms with Crippen LogP contribution in [0.2, 0.25) is 5.02 Å². The van der Waals surface area contributed by atoms with Gasteiger partial charge in [-0.1, -0.05) is 77.4 Å². The van der Waals surface area contributed by atoms with Crippen LogP contribution in [-0.2, 0) is 11.3 Å². The summed E-state index contributed by atoms with van der Waals surface area (Å²) in [6.07, 6.45) is 1.39. The molecule has 1 fully saturated rings. The normalized spacial score (nSPS) is 14.5. The van der Waals surface area contributed by atoms with Crippen LogP contribution in [0, 0.1) is 5.92 Å². The van der Waals surface area contributed by atoms with E-state index in [1.807, 2.05) is 36.4 Å². The molecule has 1 amide bonds. The fourth-order valence-electron chi connectivity index (χ4n) is 4.36. The molecular weight excluding hydrogens is 476 g/mol. The van der Waals surface area contributed by atoms with Crippen molar-refractivity contribution in [2.75, 3.05) is 18.4 Å². The van der Waals surface area contributed by atoms with Crippen molar-refractivity contribution < 1.29 is 14.1 Å². The Kier molecular flexibility index (Phi) is 7.21. The minimum atomic E-state index is -0.183. The van der Waals surface area contributed by atoms with E-state index >= 15 is 0 Å². The second-order valence-corrected chi connectivity index (χ2v) is 9.24. The molecule has 2 heterocycles. The van der Waals surface area contributed by atoms with E-state index in [0.717, 1.165) is 18.7 Å². The molecule has 1 N–H and O–H groups in total. The van der Waals surface area contributed by atoms with Gasteiger partial charge < -0.3 is 9.84 Å². The summed E-state index contributed by atoms with van der Waals surface area (Å²) >= 11 is 6.16. The molecule has 4 aromatic rings. The van der Waals surface area contributed by atoms with Crippen molar-refractivity contribution in [2.24, 2.45) is 5.92 Å². The number of nitrogens with zero attached hydrogens (tertiary/aromatic N) is 3. The van der Waals surface area contributed by atoms with Gasteiger partial charge in [-0.2, -0.15) is 4.98 Å². The number of piperidine rings is 1. The number of amides is 1. The van der Waals surface area contributed by atoms with Crippen LogP contribution >= 0.6 is 11.6 Å². The summed E-state index contributed by atoms with van der Waals surface area (Å²) in [6.45, 7) is 2.01. The number of rotatable bonds is 7. The first kappa shape index (κ1) is 23.9. The summed E-state index contributed by atoms with van der Waals surface area (Å²) in [7, 11) is 0. The van der Waals surface area contributed by atoms with Crippen molar-refractivity contribution in [3.8, 4) is 11.4 Å². The molecule has 0 bridgehead atoms. The lowest BCUT2D eigenvalue weighted by atomic mass is 9.95. The maximum absolute atomic E-state index is 13.1. The number of hydrogen-bond donors (Lipinski definition) is 1. The molecule has 0 radical (unpaired) electrons. The highest BCUT2D eigenvalue weighted by atomic mass is 35.5. The Morgan fingerprint density at radius 2 is 1.67 bits per heavy atom. The van der Waals surface area contributed by atoms with E-state index in [0.29, 0.717) is 52.9 Å². The first-order chi connectivity index (χ1) is 17.6. The molecule has 1 aliphatic heterocycles. The van der Waals surface area contributed by atoms with Gasteiger partial charge in [0.05, 0.1) is 12.2 Å². The Morgan fingerprint density at radius 1 is 0.972 bits per heavy atom. The quantitative estimate of drug-likeness (QED) is 0.338. The Balaban J connectivity index is 1.19. The summed E-state index contributed by atoms with van der Waals surface area (Å²) in [6, 6.07) is 23.6. The molecule has 1 saturated heterocycles. The van der Waals surface area contributed by atoms with Gasteiger partial charge in [-0.05, 0) is 44.1 Å². The lowest BCUT2D eigenvalue weighted by molar-refractivity contribution is -0.121. The fourth-order valence-corrected chi connectivity index (χ4v) is 4.53. The van der Waals surface area contributed by atoms with Gasteiger partial charge in [-0.25, -0.2) is 0 Å². The fraction of sp³-hybridized carbons (Fsp3) is 0.214. The second kappa shape index (κ2) is 10.8. The number of hydrogen-bond acceptors (Lipinski definition) is 6. The van der Waals surface area contributed by atoms with Gasteiger partial charge in [0.25, 0.3) is 0 Å². The molecule has 0 unspecified atom stereocenters. The van der Waals surface area contributed by atoms with E-state index in [1.165, 1.54) is 0 Å². The predicted molar refractivity (Wildman–Crippen MR) is 138 cm³/mol. The van der Waals surface area contributed by atoms with E-state index in [9.17, 15) is 9.59 Å². The van der Waals surface area contributed by atoms with Gasteiger partial charge >= 0.3 is 0 Å². The standard InChI is InChI=1S/C28H25ClN4O3/c29-22-11-12-24(23(17-22)26(34)19-7-3-1-4-8-19)30-28(35)21-13-15-33(16-14-21)18-25-31-27(32-36-25)20-9-5-2-6-10-20/h1-12,17,21H,13-16,18H2,(H,30,35). The third-order valence-corrected chi connectivity index (χ3v) is 6.57. The number of halogens is 1. The van der Waals surface area contributed by atoms with Crippen molar-refractivity contribution in [3.63, 3.8) is 0 Å². The van der Waals surface area contributed by atoms with Crippen LogP contribution in [0.1, 0.15) is 34.7 Å². The molecule has 1 aromatic heterocycles. The predicted octanol–water partition coefficient (Wildman–Crippen LogP) is 5.47. The molecule has 3 aromatic carbocycles. The molecular formula is C28H25ClN4O3. The molecule has 1 aliphatic rings. The Morgan fingerprint density at radius 3 is 2.39 bits per heavy atom. The maximum Gasteiger partial charge on any atom is 0.241 e. The molecule has 0 saturated carbocycles. The highest BCUT2D eigenvalue weighted by Crippen LogP contribution is 2.26. The van der Waals surface area contributed by atoms with Crippen LogP contribution in [0.4, 0.5) is 5.69 Å². The third kappa shape index (κ3) is 5.53. The zero-order chi connectivity index (χ0) is 24.9. The number of aromatic nitrogens is 2. The minimum absolute atomic E-state index is 0.0942. The van der Waals surface area contributed by atoms with E-state index in [2.05, 4.69) is 20.4 Å². The molecule has 0 aliphatic carbocycles. The number of carbonyl (C=O) groups is 2. The lowest BCUT2D eigenvalue weighted by Crippen LogP contribution is -2.38. The summed E-state index contributed by atoms with van der Waals surface area (Å²) in [5.74, 6) is 0.700. The van der Waals surface area contributed by atoms with Crippen LogP contribution in [0.15, 0.2) is 83.4 Å². The van der Waals surface area contributed by atoms with Gasteiger partial charge in [0.15, 0.2) is 5.78 Å². The van der Waals surface area contributed by atoms with Crippen molar-refractivity contribution >= 4 is 29.0 Å². The van der Waals surface area contributed by atoms with Crippen LogP contribution in [-0.4, -0.2) is 39.8 Å². The van der Waals surface area contributed by atoms with Crippen LogP contribution in [0.3, 0.4) is 0 Å². The average Bonchev–Trinajstić information content (AvgIpc) is 3.39. The molecule has 5 rings (SSSR count). The average molecular weight is 501 g/mol. The first-order valence-corrected chi connectivity index (χ1v) is 12.2. The highest BCUT2D eigenvalue weighted by molar-refractivity contribution is 6.31. The maximum atomic E-state index is 13.1. The number of ketones is 1. The zero-order valence-electron chi connectivity index (χ0n) is 19.6. The summed E-state index contributed by atoms with van der Waals surface area (Å²) in [4.78, 5) is 32.8. The third-order valence-electron chi connectivity index (χ3n) is 6.34.